The number of aryl methyl sites for hydroxylation is 2. The van der Waals surface area contributed by atoms with Crippen molar-refractivity contribution in [1.82, 2.24) is 15.3 Å². The van der Waals surface area contributed by atoms with Crippen LogP contribution in [0.15, 0.2) is 28.0 Å². The van der Waals surface area contributed by atoms with E-state index in [2.05, 4.69) is 15.3 Å². The van der Waals surface area contributed by atoms with E-state index in [1.807, 2.05) is 37.4 Å². The Morgan fingerprint density at radius 3 is 2.63 bits per heavy atom. The maximum atomic E-state index is 12.2. The minimum absolute atomic E-state index is 0.132. The van der Waals surface area contributed by atoms with Crippen molar-refractivity contribution >= 4 is 17.2 Å². The number of nitrogens with one attached hydrogen (secondary N) is 1. The fourth-order valence-electron chi connectivity index (χ4n) is 2.51. The first kappa shape index (κ1) is 18.9. The minimum Gasteiger partial charge on any atom is -0.493 e. The Kier molecular flexibility index (Phi) is 5.75. The molecule has 2 heterocycles. The van der Waals surface area contributed by atoms with Crippen molar-refractivity contribution in [3.05, 3.63) is 46.6 Å². The van der Waals surface area contributed by atoms with Crippen molar-refractivity contribution in [2.75, 3.05) is 14.2 Å². The summed E-state index contributed by atoms with van der Waals surface area (Å²) >= 11 is 1.48. The first-order valence-corrected chi connectivity index (χ1v) is 9.24. The van der Waals surface area contributed by atoms with Crippen LogP contribution in [-0.4, -0.2) is 30.1 Å². The number of hydrogen-bond acceptors (Lipinski definition) is 7. The summed E-state index contributed by atoms with van der Waals surface area (Å²) in [6.45, 7) is 3.98. The normalized spacial score (nSPS) is 10.7. The van der Waals surface area contributed by atoms with Gasteiger partial charge in [-0.25, -0.2) is 9.97 Å². The Hall–Kier alpha value is -2.87. The summed E-state index contributed by atoms with van der Waals surface area (Å²) < 4.78 is 16.0. The van der Waals surface area contributed by atoms with Crippen LogP contribution < -0.4 is 14.8 Å². The number of oxazole rings is 1. The van der Waals surface area contributed by atoms with E-state index < -0.39 is 0 Å². The van der Waals surface area contributed by atoms with E-state index in [0.717, 1.165) is 22.0 Å². The Morgan fingerprint density at radius 2 is 1.96 bits per heavy atom. The first-order chi connectivity index (χ1) is 13.0. The van der Waals surface area contributed by atoms with Crippen LogP contribution in [0.4, 0.5) is 0 Å². The zero-order chi connectivity index (χ0) is 19.4. The Labute approximate surface area is 161 Å². The molecule has 0 aliphatic heterocycles. The third-order valence-electron chi connectivity index (χ3n) is 4.03. The zero-order valence-corrected chi connectivity index (χ0v) is 16.5. The number of ether oxygens (including phenoxy) is 2. The van der Waals surface area contributed by atoms with Gasteiger partial charge in [0, 0.05) is 10.9 Å². The van der Waals surface area contributed by atoms with Crippen molar-refractivity contribution in [1.29, 1.82) is 0 Å². The molecule has 8 heteroatoms. The second-order valence-electron chi connectivity index (χ2n) is 5.92. The SMILES string of the molecule is COc1ccc(-c2nc(CC(=O)NCc3nc(C)c(C)o3)cs2)cc1OC. The molecule has 3 aromatic rings. The van der Waals surface area contributed by atoms with E-state index in [4.69, 9.17) is 13.9 Å². The lowest BCUT2D eigenvalue weighted by Crippen LogP contribution is -2.24. The molecule has 0 saturated heterocycles. The molecular formula is C19H21N3O4S. The lowest BCUT2D eigenvalue weighted by molar-refractivity contribution is -0.120. The molecule has 142 valence electrons. The smallest absolute Gasteiger partial charge is 0.226 e. The molecule has 0 aliphatic rings. The number of carbonyl (C=O) groups is 1. The number of benzene rings is 1. The van der Waals surface area contributed by atoms with Crippen LogP contribution in [0.25, 0.3) is 10.6 Å². The number of methoxy groups -OCH3 is 2. The van der Waals surface area contributed by atoms with Crippen molar-refractivity contribution in [2.45, 2.75) is 26.8 Å². The summed E-state index contributed by atoms with van der Waals surface area (Å²) in [5.74, 6) is 2.43. The summed E-state index contributed by atoms with van der Waals surface area (Å²) in [6.07, 6.45) is 0.197. The van der Waals surface area contributed by atoms with Crippen LogP contribution in [0.5, 0.6) is 11.5 Å². The highest BCUT2D eigenvalue weighted by molar-refractivity contribution is 7.13. The van der Waals surface area contributed by atoms with Crippen LogP contribution in [-0.2, 0) is 17.8 Å². The lowest BCUT2D eigenvalue weighted by Gasteiger charge is -2.08. The van der Waals surface area contributed by atoms with Gasteiger partial charge in [-0.2, -0.15) is 0 Å². The summed E-state index contributed by atoms with van der Waals surface area (Å²) in [5, 5.41) is 5.50. The molecule has 7 nitrogen and oxygen atoms in total. The van der Waals surface area contributed by atoms with Gasteiger partial charge >= 0.3 is 0 Å². The second kappa shape index (κ2) is 8.22. The molecule has 0 fully saturated rings. The van der Waals surface area contributed by atoms with Gasteiger partial charge in [0.2, 0.25) is 11.8 Å². The molecule has 1 N–H and O–H groups in total. The predicted octanol–water partition coefficient (Wildman–Crippen LogP) is 3.29. The molecule has 0 unspecified atom stereocenters. The fourth-order valence-corrected chi connectivity index (χ4v) is 3.32. The van der Waals surface area contributed by atoms with Crippen LogP contribution in [0.3, 0.4) is 0 Å². The fraction of sp³-hybridized carbons (Fsp3) is 0.316. The third kappa shape index (κ3) is 4.46. The molecule has 0 aliphatic carbocycles. The highest BCUT2D eigenvalue weighted by Crippen LogP contribution is 2.33. The largest absolute Gasteiger partial charge is 0.493 e. The van der Waals surface area contributed by atoms with Gasteiger partial charge in [-0.05, 0) is 32.0 Å². The van der Waals surface area contributed by atoms with E-state index >= 15 is 0 Å². The van der Waals surface area contributed by atoms with Gasteiger partial charge in [0.15, 0.2) is 11.5 Å². The topological polar surface area (TPSA) is 86.5 Å². The molecule has 0 spiro atoms. The van der Waals surface area contributed by atoms with Gasteiger partial charge < -0.3 is 19.2 Å². The average Bonchev–Trinajstić information content (AvgIpc) is 3.26. The second-order valence-corrected chi connectivity index (χ2v) is 6.77. The highest BCUT2D eigenvalue weighted by atomic mass is 32.1. The van der Waals surface area contributed by atoms with Gasteiger partial charge in [0.1, 0.15) is 10.8 Å². The summed E-state index contributed by atoms with van der Waals surface area (Å²) in [7, 11) is 3.19. The van der Waals surface area contributed by atoms with Gasteiger partial charge in [0.25, 0.3) is 0 Å². The average molecular weight is 387 g/mol. The quantitative estimate of drug-likeness (QED) is 0.669. The molecule has 3 rings (SSSR count). The maximum absolute atomic E-state index is 12.2. The molecule has 27 heavy (non-hydrogen) atoms. The number of carbonyl (C=O) groups excluding carboxylic acids is 1. The van der Waals surface area contributed by atoms with Gasteiger partial charge in [-0.3, -0.25) is 4.79 Å². The monoisotopic (exact) mass is 387 g/mol. The van der Waals surface area contributed by atoms with Crippen molar-refractivity contribution < 1.29 is 18.7 Å². The van der Waals surface area contributed by atoms with Crippen LogP contribution in [0.2, 0.25) is 0 Å². The third-order valence-corrected chi connectivity index (χ3v) is 4.97. The van der Waals surface area contributed by atoms with Gasteiger partial charge in [-0.1, -0.05) is 0 Å². The Balaban J connectivity index is 1.62. The van der Waals surface area contributed by atoms with Gasteiger partial charge in [-0.15, -0.1) is 11.3 Å². The number of aromatic nitrogens is 2. The van der Waals surface area contributed by atoms with Crippen molar-refractivity contribution in [3.63, 3.8) is 0 Å². The number of amides is 1. The molecule has 1 aromatic carbocycles. The molecule has 0 saturated carbocycles. The Bertz CT molecular complexity index is 929. The predicted molar refractivity (Wildman–Crippen MR) is 102 cm³/mol. The molecule has 0 radical (unpaired) electrons. The maximum Gasteiger partial charge on any atom is 0.226 e. The van der Waals surface area contributed by atoms with E-state index in [-0.39, 0.29) is 18.9 Å². The van der Waals surface area contributed by atoms with E-state index in [1.54, 1.807) is 14.2 Å². The number of thiazole rings is 1. The molecule has 0 bridgehead atoms. The summed E-state index contributed by atoms with van der Waals surface area (Å²) in [5.41, 5.74) is 2.45. The summed E-state index contributed by atoms with van der Waals surface area (Å²) in [4.78, 5) is 20.9. The number of hydrogen-bond donors (Lipinski definition) is 1. The van der Waals surface area contributed by atoms with Crippen molar-refractivity contribution in [2.24, 2.45) is 0 Å². The molecule has 0 atom stereocenters. The molecular weight excluding hydrogens is 366 g/mol. The standard InChI is InChI=1S/C19H21N3O4S/c1-11-12(2)26-18(21-11)9-20-17(23)8-14-10-27-19(22-14)13-5-6-15(24-3)16(7-13)25-4/h5-7,10H,8-9H2,1-4H3,(H,20,23). The van der Waals surface area contributed by atoms with Gasteiger partial charge in [0.05, 0.1) is 38.6 Å². The number of rotatable bonds is 7. The lowest BCUT2D eigenvalue weighted by atomic mass is 10.2. The van der Waals surface area contributed by atoms with Crippen LogP contribution in [0.1, 0.15) is 23.0 Å². The Morgan fingerprint density at radius 1 is 1.19 bits per heavy atom. The van der Waals surface area contributed by atoms with Crippen LogP contribution >= 0.6 is 11.3 Å². The van der Waals surface area contributed by atoms with E-state index in [1.165, 1.54) is 11.3 Å². The van der Waals surface area contributed by atoms with Crippen molar-refractivity contribution in [3.8, 4) is 22.1 Å². The minimum atomic E-state index is -0.132. The highest BCUT2D eigenvalue weighted by Gasteiger charge is 2.13. The van der Waals surface area contributed by atoms with E-state index in [9.17, 15) is 4.79 Å². The van der Waals surface area contributed by atoms with E-state index in [0.29, 0.717) is 23.1 Å². The zero-order valence-electron chi connectivity index (χ0n) is 15.7. The summed E-state index contributed by atoms with van der Waals surface area (Å²) in [6, 6.07) is 5.62. The van der Waals surface area contributed by atoms with Crippen LogP contribution in [0, 0.1) is 13.8 Å². The molecule has 2 aromatic heterocycles. The first-order valence-electron chi connectivity index (χ1n) is 8.36. The number of nitrogens with zero attached hydrogens (tertiary/aromatic N) is 2. The molecule has 1 amide bonds.